The predicted octanol–water partition coefficient (Wildman–Crippen LogP) is 3.64. The number of hydrogen-bond acceptors (Lipinski definition) is 4. The van der Waals surface area contributed by atoms with E-state index in [0.717, 1.165) is 21.2 Å². The average molecular weight is 323 g/mol. The molecule has 0 saturated heterocycles. The van der Waals surface area contributed by atoms with Crippen molar-refractivity contribution in [2.45, 2.75) is 33.6 Å². The Bertz CT molecular complexity index is 597. The maximum Gasteiger partial charge on any atom is 0.234 e. The van der Waals surface area contributed by atoms with Crippen LogP contribution in [0.15, 0.2) is 21.1 Å². The molecule has 2 aromatic rings. The molecule has 0 spiro atoms. The first-order chi connectivity index (χ1) is 9.01. The molecule has 0 bridgehead atoms. The summed E-state index contributed by atoms with van der Waals surface area (Å²) >= 11 is 3.52. The van der Waals surface area contributed by atoms with E-state index in [1.807, 2.05) is 32.9 Å². The first-order valence-electron chi connectivity index (χ1n) is 6.12. The van der Waals surface area contributed by atoms with Crippen LogP contribution in [0.1, 0.15) is 30.4 Å². The third-order valence-electron chi connectivity index (χ3n) is 2.91. The van der Waals surface area contributed by atoms with Crippen LogP contribution in [0, 0.1) is 13.8 Å². The van der Waals surface area contributed by atoms with Gasteiger partial charge in [-0.25, -0.2) is 0 Å². The number of carbonyl (C=O) groups excluding carboxylic acids is 1. The van der Waals surface area contributed by atoms with E-state index in [2.05, 4.69) is 26.1 Å². The second-order valence-electron chi connectivity index (χ2n) is 4.50. The molecule has 0 aliphatic carbocycles. The van der Waals surface area contributed by atoms with Crippen LogP contribution in [0.25, 0.3) is 11.4 Å². The van der Waals surface area contributed by atoms with Gasteiger partial charge in [-0.05, 0) is 37.1 Å². The summed E-state index contributed by atoms with van der Waals surface area (Å²) in [7, 11) is 0. The fraction of sp³-hybridized carbons (Fsp3) is 0.357. The highest BCUT2D eigenvalue weighted by Gasteiger charge is 2.13. The molecule has 0 radical (unpaired) electrons. The van der Waals surface area contributed by atoms with E-state index in [1.165, 1.54) is 0 Å². The fourth-order valence-electron chi connectivity index (χ4n) is 1.81. The van der Waals surface area contributed by atoms with E-state index in [1.54, 1.807) is 0 Å². The molecule has 100 valence electrons. The van der Waals surface area contributed by atoms with Gasteiger partial charge in [0.15, 0.2) is 0 Å². The molecule has 0 atom stereocenters. The van der Waals surface area contributed by atoms with Crippen molar-refractivity contribution in [3.63, 3.8) is 0 Å². The molecule has 0 N–H and O–H groups in total. The second kappa shape index (κ2) is 5.65. The van der Waals surface area contributed by atoms with Crippen LogP contribution >= 0.6 is 15.9 Å². The van der Waals surface area contributed by atoms with E-state index in [9.17, 15) is 4.79 Å². The largest absolute Gasteiger partial charge is 0.339 e. The topological polar surface area (TPSA) is 56.0 Å². The third kappa shape index (κ3) is 3.10. The second-order valence-corrected chi connectivity index (χ2v) is 5.30. The van der Waals surface area contributed by atoms with Gasteiger partial charge in [-0.1, -0.05) is 28.0 Å². The minimum absolute atomic E-state index is 0.0957. The quantitative estimate of drug-likeness (QED) is 0.862. The van der Waals surface area contributed by atoms with E-state index in [-0.39, 0.29) is 12.2 Å². The normalized spacial score (nSPS) is 10.7. The maximum absolute atomic E-state index is 11.3. The van der Waals surface area contributed by atoms with E-state index in [4.69, 9.17) is 4.52 Å². The summed E-state index contributed by atoms with van der Waals surface area (Å²) < 4.78 is 6.19. The van der Waals surface area contributed by atoms with Crippen molar-refractivity contribution in [1.29, 1.82) is 0 Å². The zero-order chi connectivity index (χ0) is 14.0. The number of aryl methyl sites for hydroxylation is 2. The molecule has 0 fully saturated rings. The van der Waals surface area contributed by atoms with Gasteiger partial charge < -0.3 is 4.52 Å². The lowest BCUT2D eigenvalue weighted by atomic mass is 10.1. The van der Waals surface area contributed by atoms with Crippen LogP contribution in [0.4, 0.5) is 0 Å². The zero-order valence-corrected chi connectivity index (χ0v) is 12.7. The molecule has 19 heavy (non-hydrogen) atoms. The van der Waals surface area contributed by atoms with Gasteiger partial charge in [-0.2, -0.15) is 4.98 Å². The third-order valence-corrected chi connectivity index (χ3v) is 4.16. The number of aromatic nitrogens is 2. The van der Waals surface area contributed by atoms with E-state index < -0.39 is 0 Å². The lowest BCUT2D eigenvalue weighted by Crippen LogP contribution is -2.00. The van der Waals surface area contributed by atoms with Gasteiger partial charge in [0.2, 0.25) is 11.7 Å². The molecule has 0 aliphatic rings. The molecule has 4 nitrogen and oxygen atoms in total. The summed E-state index contributed by atoms with van der Waals surface area (Å²) in [6, 6.07) is 3.99. The Balaban J connectivity index is 2.30. The van der Waals surface area contributed by atoms with Gasteiger partial charge in [0.25, 0.3) is 0 Å². The average Bonchev–Trinajstić information content (AvgIpc) is 2.83. The SMILES string of the molecule is CCC(=O)Cc1nc(-c2cc(C)c(Br)c(C)c2)no1. The molecule has 2 rings (SSSR count). The van der Waals surface area contributed by atoms with Gasteiger partial charge in [0.1, 0.15) is 5.78 Å². The fourth-order valence-corrected chi connectivity index (χ4v) is 2.04. The lowest BCUT2D eigenvalue weighted by molar-refractivity contribution is -0.118. The number of hydrogen-bond donors (Lipinski definition) is 0. The lowest BCUT2D eigenvalue weighted by Gasteiger charge is -2.04. The summed E-state index contributed by atoms with van der Waals surface area (Å²) in [6.07, 6.45) is 0.687. The highest BCUT2D eigenvalue weighted by atomic mass is 79.9. The van der Waals surface area contributed by atoms with Crippen molar-refractivity contribution in [3.05, 3.63) is 33.6 Å². The van der Waals surface area contributed by atoms with Crippen molar-refractivity contribution < 1.29 is 9.32 Å². The molecule has 1 heterocycles. The molecule has 0 aliphatic heterocycles. The van der Waals surface area contributed by atoms with E-state index in [0.29, 0.717) is 18.1 Å². The van der Waals surface area contributed by atoms with Crippen molar-refractivity contribution in [3.8, 4) is 11.4 Å². The summed E-state index contributed by atoms with van der Waals surface area (Å²) in [5.74, 6) is 0.996. The Morgan fingerprint density at radius 2 is 1.95 bits per heavy atom. The number of carbonyl (C=O) groups is 1. The highest BCUT2D eigenvalue weighted by molar-refractivity contribution is 9.10. The zero-order valence-electron chi connectivity index (χ0n) is 11.2. The first kappa shape index (κ1) is 13.9. The molecular formula is C14H15BrN2O2. The molecule has 1 aromatic carbocycles. The number of ketones is 1. The Kier molecular flexibility index (Phi) is 4.14. The molecular weight excluding hydrogens is 308 g/mol. The number of benzene rings is 1. The number of nitrogens with zero attached hydrogens (tertiary/aromatic N) is 2. The van der Waals surface area contributed by atoms with Gasteiger partial charge in [-0.15, -0.1) is 0 Å². The maximum atomic E-state index is 11.3. The molecule has 1 aromatic heterocycles. The van der Waals surface area contributed by atoms with E-state index >= 15 is 0 Å². The minimum Gasteiger partial charge on any atom is -0.339 e. The molecule has 0 unspecified atom stereocenters. The Labute approximate surface area is 120 Å². The Morgan fingerprint density at radius 1 is 1.32 bits per heavy atom. The number of rotatable bonds is 4. The highest BCUT2D eigenvalue weighted by Crippen LogP contribution is 2.27. The van der Waals surface area contributed by atoms with Crippen LogP contribution in [-0.2, 0) is 11.2 Å². The molecule has 0 amide bonds. The van der Waals surface area contributed by atoms with Crippen LogP contribution in [0.2, 0.25) is 0 Å². The van der Waals surface area contributed by atoms with Crippen LogP contribution in [-0.4, -0.2) is 15.9 Å². The smallest absolute Gasteiger partial charge is 0.234 e. The van der Waals surface area contributed by atoms with Gasteiger partial charge >= 0.3 is 0 Å². The van der Waals surface area contributed by atoms with Gasteiger partial charge in [0.05, 0.1) is 6.42 Å². The first-order valence-corrected chi connectivity index (χ1v) is 6.92. The summed E-state index contributed by atoms with van der Waals surface area (Å²) in [5, 5.41) is 3.93. The monoisotopic (exact) mass is 322 g/mol. The number of Topliss-reactive ketones (excluding diaryl/α,β-unsaturated/α-hetero) is 1. The summed E-state index contributed by atoms with van der Waals surface area (Å²) in [6.45, 7) is 5.85. The van der Waals surface area contributed by atoms with Crippen molar-refractivity contribution in [2.75, 3.05) is 0 Å². The van der Waals surface area contributed by atoms with Gasteiger partial charge in [0, 0.05) is 16.5 Å². The van der Waals surface area contributed by atoms with Crippen molar-refractivity contribution in [1.82, 2.24) is 10.1 Å². The van der Waals surface area contributed by atoms with Crippen molar-refractivity contribution >= 4 is 21.7 Å². The standard InChI is InChI=1S/C14H15BrN2O2/c1-4-11(18)7-12-16-14(17-19-12)10-5-8(2)13(15)9(3)6-10/h5-6H,4,7H2,1-3H3. The molecule has 5 heteroatoms. The Morgan fingerprint density at radius 3 is 2.53 bits per heavy atom. The number of halogens is 1. The summed E-state index contributed by atoms with van der Waals surface area (Å²) in [4.78, 5) is 15.6. The van der Waals surface area contributed by atoms with Crippen LogP contribution < -0.4 is 0 Å². The van der Waals surface area contributed by atoms with Gasteiger partial charge in [-0.3, -0.25) is 4.79 Å². The summed E-state index contributed by atoms with van der Waals surface area (Å²) in [5.41, 5.74) is 3.13. The molecule has 0 saturated carbocycles. The minimum atomic E-state index is 0.0957. The predicted molar refractivity (Wildman–Crippen MR) is 75.9 cm³/mol. The van der Waals surface area contributed by atoms with Crippen molar-refractivity contribution in [2.24, 2.45) is 0 Å². The van der Waals surface area contributed by atoms with Crippen LogP contribution in [0.3, 0.4) is 0 Å². The van der Waals surface area contributed by atoms with Crippen LogP contribution in [0.5, 0.6) is 0 Å². The Hall–Kier alpha value is -1.49.